The van der Waals surface area contributed by atoms with E-state index >= 15 is 0 Å². The Labute approximate surface area is 184 Å². The Morgan fingerprint density at radius 1 is 0.906 bits per heavy atom. The summed E-state index contributed by atoms with van der Waals surface area (Å²) in [5.41, 5.74) is 3.91. The smallest absolute Gasteiger partial charge is 0.255 e. The lowest BCUT2D eigenvalue weighted by atomic mass is 10.2. The first kappa shape index (κ1) is 19.6. The Hall–Kier alpha value is -4.40. The van der Waals surface area contributed by atoms with Gasteiger partial charge in [-0.3, -0.25) is 4.79 Å². The summed E-state index contributed by atoms with van der Waals surface area (Å²) in [6, 6.07) is 18.1. The molecule has 0 spiro atoms. The summed E-state index contributed by atoms with van der Waals surface area (Å²) in [5, 5.41) is 19.0. The number of hydrogen-bond donors (Lipinski definition) is 2. The molecular weight excluding hydrogens is 408 g/mol. The van der Waals surface area contributed by atoms with E-state index in [1.807, 2.05) is 56.3 Å². The molecule has 5 rings (SSSR count). The molecule has 2 N–H and O–H groups in total. The number of benzene rings is 2. The van der Waals surface area contributed by atoms with Gasteiger partial charge in [0, 0.05) is 22.6 Å². The summed E-state index contributed by atoms with van der Waals surface area (Å²) in [5.74, 6) is 2.25. The highest BCUT2D eigenvalue weighted by Crippen LogP contribution is 2.32. The maximum atomic E-state index is 12.5. The monoisotopic (exact) mass is 428 g/mol. The summed E-state index contributed by atoms with van der Waals surface area (Å²) in [4.78, 5) is 12.5. The average molecular weight is 428 g/mol. The van der Waals surface area contributed by atoms with Crippen molar-refractivity contribution in [3.63, 3.8) is 0 Å². The van der Waals surface area contributed by atoms with Crippen LogP contribution in [0.3, 0.4) is 0 Å². The van der Waals surface area contributed by atoms with Gasteiger partial charge in [-0.1, -0.05) is 0 Å². The van der Waals surface area contributed by atoms with Crippen LogP contribution in [0.5, 0.6) is 11.5 Å². The van der Waals surface area contributed by atoms with Crippen LogP contribution in [0.1, 0.15) is 21.7 Å². The van der Waals surface area contributed by atoms with Crippen LogP contribution in [-0.4, -0.2) is 32.7 Å². The van der Waals surface area contributed by atoms with Crippen molar-refractivity contribution < 1.29 is 14.3 Å². The van der Waals surface area contributed by atoms with Crippen molar-refractivity contribution in [2.45, 2.75) is 13.8 Å². The third-order valence-corrected chi connectivity index (χ3v) is 4.93. The standard InChI is InChI=1S/C23H20N6O3/c1-14-11-15(2)29(28-14)22-10-9-21(26-27-22)24-17-4-6-18(7-5-17)25-23(30)16-3-8-19-20(12-16)32-13-31-19/h3-12H,13H2,1-2H3,(H,24,26)(H,25,30). The molecule has 0 saturated carbocycles. The number of nitrogens with zero attached hydrogens (tertiary/aromatic N) is 4. The molecule has 0 unspecified atom stereocenters. The van der Waals surface area contributed by atoms with Crippen LogP contribution in [0.25, 0.3) is 5.82 Å². The number of carbonyl (C=O) groups excluding carboxylic acids is 1. The Balaban J connectivity index is 1.23. The van der Waals surface area contributed by atoms with Crippen LogP contribution in [0, 0.1) is 13.8 Å². The Morgan fingerprint density at radius 2 is 1.69 bits per heavy atom. The molecule has 2 aromatic carbocycles. The first-order valence-electron chi connectivity index (χ1n) is 10.0. The predicted octanol–water partition coefficient (Wildman–Crippen LogP) is 4.00. The van der Waals surface area contributed by atoms with E-state index < -0.39 is 0 Å². The zero-order chi connectivity index (χ0) is 22.1. The summed E-state index contributed by atoms with van der Waals surface area (Å²) >= 11 is 0. The summed E-state index contributed by atoms with van der Waals surface area (Å²) in [6.07, 6.45) is 0. The van der Waals surface area contributed by atoms with Crippen LogP contribution in [0.2, 0.25) is 0 Å². The zero-order valence-corrected chi connectivity index (χ0v) is 17.5. The number of rotatable bonds is 5. The fraction of sp³-hybridized carbons (Fsp3) is 0.130. The fourth-order valence-electron chi connectivity index (χ4n) is 3.39. The normalized spacial score (nSPS) is 11.9. The highest BCUT2D eigenvalue weighted by atomic mass is 16.7. The van der Waals surface area contributed by atoms with Gasteiger partial charge in [0.15, 0.2) is 23.1 Å². The van der Waals surface area contributed by atoms with E-state index in [9.17, 15) is 4.79 Å². The number of carbonyl (C=O) groups is 1. The van der Waals surface area contributed by atoms with Crippen LogP contribution in [0.15, 0.2) is 60.7 Å². The molecule has 9 heteroatoms. The number of amides is 1. The van der Waals surface area contributed by atoms with Gasteiger partial charge in [0.1, 0.15) is 0 Å². The molecule has 3 heterocycles. The predicted molar refractivity (Wildman–Crippen MR) is 119 cm³/mol. The van der Waals surface area contributed by atoms with Crippen molar-refractivity contribution in [1.82, 2.24) is 20.0 Å². The largest absolute Gasteiger partial charge is 0.454 e. The number of anilines is 3. The van der Waals surface area contributed by atoms with E-state index in [4.69, 9.17) is 9.47 Å². The number of fused-ring (bicyclic) bond motifs is 1. The molecule has 0 aliphatic carbocycles. The van der Waals surface area contributed by atoms with E-state index in [2.05, 4.69) is 25.9 Å². The van der Waals surface area contributed by atoms with Gasteiger partial charge in [0.25, 0.3) is 5.91 Å². The molecule has 2 aromatic heterocycles. The molecule has 9 nitrogen and oxygen atoms in total. The molecule has 4 aromatic rings. The topological polar surface area (TPSA) is 103 Å². The minimum Gasteiger partial charge on any atom is -0.454 e. The average Bonchev–Trinajstić information content (AvgIpc) is 3.40. The highest BCUT2D eigenvalue weighted by Gasteiger charge is 2.16. The second kappa shape index (κ2) is 8.03. The lowest BCUT2D eigenvalue weighted by Crippen LogP contribution is -2.11. The number of ether oxygens (including phenoxy) is 2. The van der Waals surface area contributed by atoms with Gasteiger partial charge in [-0.2, -0.15) is 5.10 Å². The van der Waals surface area contributed by atoms with Gasteiger partial charge in [-0.05, 0) is 74.5 Å². The summed E-state index contributed by atoms with van der Waals surface area (Å²) in [7, 11) is 0. The zero-order valence-electron chi connectivity index (χ0n) is 17.5. The van der Waals surface area contributed by atoms with Gasteiger partial charge in [0.2, 0.25) is 6.79 Å². The van der Waals surface area contributed by atoms with E-state index in [1.54, 1.807) is 22.9 Å². The third-order valence-electron chi connectivity index (χ3n) is 4.93. The van der Waals surface area contributed by atoms with Crippen molar-refractivity contribution in [3.8, 4) is 17.3 Å². The van der Waals surface area contributed by atoms with Gasteiger partial charge in [0.05, 0.1) is 5.69 Å². The quantitative estimate of drug-likeness (QED) is 0.495. The van der Waals surface area contributed by atoms with Crippen LogP contribution < -0.4 is 20.1 Å². The first-order chi connectivity index (χ1) is 15.5. The Kier molecular flexibility index (Phi) is 4.91. The molecule has 1 aliphatic heterocycles. The SMILES string of the molecule is Cc1cc(C)n(-c2ccc(Nc3ccc(NC(=O)c4ccc5c(c4)OCO5)cc3)nn2)n1. The number of hydrogen-bond acceptors (Lipinski definition) is 7. The van der Waals surface area contributed by atoms with Crippen molar-refractivity contribution in [2.75, 3.05) is 17.4 Å². The number of aromatic nitrogens is 4. The fourth-order valence-corrected chi connectivity index (χ4v) is 3.39. The van der Waals surface area contributed by atoms with E-state index in [-0.39, 0.29) is 12.7 Å². The lowest BCUT2D eigenvalue weighted by Gasteiger charge is -2.09. The third kappa shape index (κ3) is 3.95. The van der Waals surface area contributed by atoms with Gasteiger partial charge in [-0.15, -0.1) is 10.2 Å². The minimum absolute atomic E-state index is 0.171. The highest BCUT2D eigenvalue weighted by molar-refractivity contribution is 6.04. The van der Waals surface area contributed by atoms with E-state index in [0.717, 1.165) is 17.1 Å². The van der Waals surface area contributed by atoms with Gasteiger partial charge in [-0.25, -0.2) is 4.68 Å². The van der Waals surface area contributed by atoms with Crippen LogP contribution in [-0.2, 0) is 0 Å². The molecule has 0 atom stereocenters. The molecule has 32 heavy (non-hydrogen) atoms. The maximum absolute atomic E-state index is 12.5. The van der Waals surface area contributed by atoms with E-state index in [0.29, 0.717) is 34.4 Å². The summed E-state index contributed by atoms with van der Waals surface area (Å²) < 4.78 is 12.4. The number of aryl methyl sites for hydroxylation is 2. The van der Waals surface area contributed by atoms with Crippen LogP contribution >= 0.6 is 0 Å². The summed E-state index contributed by atoms with van der Waals surface area (Å²) in [6.45, 7) is 4.08. The molecule has 0 radical (unpaired) electrons. The van der Waals surface area contributed by atoms with E-state index in [1.165, 1.54) is 0 Å². The van der Waals surface area contributed by atoms with Crippen molar-refractivity contribution in [3.05, 3.63) is 77.6 Å². The van der Waals surface area contributed by atoms with Crippen LogP contribution in [0.4, 0.5) is 17.2 Å². The molecule has 1 aliphatic rings. The molecule has 160 valence electrons. The second-order valence-electron chi connectivity index (χ2n) is 7.34. The first-order valence-corrected chi connectivity index (χ1v) is 10.0. The van der Waals surface area contributed by atoms with Crippen molar-refractivity contribution >= 4 is 23.1 Å². The Bertz CT molecular complexity index is 1280. The Morgan fingerprint density at radius 3 is 2.41 bits per heavy atom. The molecule has 0 saturated heterocycles. The maximum Gasteiger partial charge on any atom is 0.255 e. The minimum atomic E-state index is -0.227. The molecule has 0 bridgehead atoms. The van der Waals surface area contributed by atoms with Crippen molar-refractivity contribution in [1.29, 1.82) is 0 Å². The van der Waals surface area contributed by atoms with Crippen molar-refractivity contribution in [2.24, 2.45) is 0 Å². The van der Waals surface area contributed by atoms with Gasteiger partial charge < -0.3 is 20.1 Å². The number of nitrogens with one attached hydrogen (secondary N) is 2. The second-order valence-corrected chi connectivity index (χ2v) is 7.34. The molecular formula is C23H20N6O3. The lowest BCUT2D eigenvalue weighted by molar-refractivity contribution is 0.102. The molecule has 1 amide bonds. The molecule has 0 fully saturated rings. The van der Waals surface area contributed by atoms with Gasteiger partial charge >= 0.3 is 0 Å².